The van der Waals surface area contributed by atoms with Crippen LogP contribution in [0.2, 0.25) is 0 Å². The van der Waals surface area contributed by atoms with E-state index in [0.29, 0.717) is 0 Å². The molecule has 0 bridgehead atoms. The molecule has 6 heteroatoms. The van der Waals surface area contributed by atoms with E-state index in [1.165, 1.54) is 5.56 Å². The number of amides is 2. The van der Waals surface area contributed by atoms with Crippen LogP contribution in [-0.2, 0) is 16.0 Å². The van der Waals surface area contributed by atoms with Crippen molar-refractivity contribution in [1.29, 1.82) is 0 Å². The Kier molecular flexibility index (Phi) is 6.06. The van der Waals surface area contributed by atoms with E-state index in [9.17, 15) is 14.7 Å². The number of aliphatic hydroxyl groups excluding tert-OH is 1. The maximum atomic E-state index is 12.8. The van der Waals surface area contributed by atoms with Crippen molar-refractivity contribution in [2.75, 3.05) is 13.7 Å². The van der Waals surface area contributed by atoms with Gasteiger partial charge >= 0.3 is 6.09 Å². The lowest BCUT2D eigenvalue weighted by Gasteiger charge is -2.35. The molecular weight excluding hydrogens is 320 g/mol. The zero-order valence-corrected chi connectivity index (χ0v) is 15.4. The van der Waals surface area contributed by atoms with Crippen LogP contribution in [-0.4, -0.2) is 47.3 Å². The first-order valence-electron chi connectivity index (χ1n) is 8.68. The summed E-state index contributed by atoms with van der Waals surface area (Å²) >= 11 is 0. The number of fused-ring (bicyclic) bond motifs is 1. The Morgan fingerprint density at radius 2 is 2.04 bits per heavy atom. The van der Waals surface area contributed by atoms with Gasteiger partial charge in [-0.05, 0) is 51.2 Å². The summed E-state index contributed by atoms with van der Waals surface area (Å²) in [4.78, 5) is 26.3. The first-order chi connectivity index (χ1) is 11.7. The summed E-state index contributed by atoms with van der Waals surface area (Å²) in [5.41, 5.74) is 1.72. The van der Waals surface area contributed by atoms with Gasteiger partial charge in [-0.3, -0.25) is 4.79 Å². The van der Waals surface area contributed by atoms with Gasteiger partial charge in [0.2, 0.25) is 5.91 Å². The quantitative estimate of drug-likeness (QED) is 0.876. The van der Waals surface area contributed by atoms with Crippen LogP contribution in [0.3, 0.4) is 0 Å². The predicted octanol–water partition coefficient (Wildman–Crippen LogP) is 2.41. The molecule has 0 saturated carbocycles. The van der Waals surface area contributed by atoms with Crippen molar-refractivity contribution < 1.29 is 19.4 Å². The number of alkyl carbamates (subject to hydrolysis) is 1. The average Bonchev–Trinajstić information content (AvgIpc) is 2.56. The molecule has 138 valence electrons. The Balaban J connectivity index is 2.09. The molecule has 1 aromatic rings. The number of nitrogens with zero attached hydrogens (tertiary/aromatic N) is 1. The molecule has 0 heterocycles. The Morgan fingerprint density at radius 3 is 2.68 bits per heavy atom. The lowest BCUT2D eigenvalue weighted by molar-refractivity contribution is -0.135. The number of carbonyl (C=O) groups excluding carboxylic acids is 2. The normalized spacial score (nSPS) is 18.0. The minimum atomic E-state index is -1.02. The highest BCUT2D eigenvalue weighted by atomic mass is 16.6. The van der Waals surface area contributed by atoms with Crippen LogP contribution in [0, 0.1) is 0 Å². The number of carbonyl (C=O) groups is 2. The van der Waals surface area contributed by atoms with E-state index in [1.54, 1.807) is 32.7 Å². The molecule has 0 radical (unpaired) electrons. The predicted molar refractivity (Wildman–Crippen MR) is 95.1 cm³/mol. The second-order valence-electron chi connectivity index (χ2n) is 7.44. The Bertz CT molecular complexity index is 624. The van der Waals surface area contributed by atoms with E-state index in [4.69, 9.17) is 4.74 Å². The highest BCUT2D eigenvalue weighted by Gasteiger charge is 2.32. The van der Waals surface area contributed by atoms with Crippen molar-refractivity contribution in [3.05, 3.63) is 35.4 Å². The monoisotopic (exact) mass is 348 g/mol. The number of aliphatic hydroxyl groups is 1. The number of likely N-dealkylation sites (N-methyl/N-ethyl adjacent to an activating group) is 1. The molecule has 2 atom stereocenters. The molecule has 25 heavy (non-hydrogen) atoms. The van der Waals surface area contributed by atoms with Crippen molar-refractivity contribution in [3.63, 3.8) is 0 Å². The SMILES string of the molecule is CN(C(=O)[C@H](CO)NC(=O)OC(C)(C)C)[C@@H]1CCCc2ccccc21. The Morgan fingerprint density at radius 1 is 1.36 bits per heavy atom. The van der Waals surface area contributed by atoms with Gasteiger partial charge in [0.25, 0.3) is 0 Å². The molecule has 1 aliphatic rings. The summed E-state index contributed by atoms with van der Waals surface area (Å²) in [5, 5.41) is 12.0. The van der Waals surface area contributed by atoms with Gasteiger partial charge < -0.3 is 20.1 Å². The van der Waals surface area contributed by atoms with Gasteiger partial charge in [-0.25, -0.2) is 4.79 Å². The van der Waals surface area contributed by atoms with Crippen molar-refractivity contribution in [1.82, 2.24) is 10.2 Å². The van der Waals surface area contributed by atoms with Gasteiger partial charge in [0, 0.05) is 7.05 Å². The van der Waals surface area contributed by atoms with Crippen LogP contribution in [0.15, 0.2) is 24.3 Å². The summed E-state index contributed by atoms with van der Waals surface area (Å²) in [6, 6.07) is 7.03. The Labute approximate surface area is 149 Å². The molecule has 0 aromatic heterocycles. The van der Waals surface area contributed by atoms with E-state index in [1.807, 2.05) is 18.2 Å². The van der Waals surface area contributed by atoms with Crippen molar-refractivity contribution >= 4 is 12.0 Å². The molecule has 0 fully saturated rings. The largest absolute Gasteiger partial charge is 0.444 e. The molecule has 6 nitrogen and oxygen atoms in total. The highest BCUT2D eigenvalue weighted by molar-refractivity contribution is 5.86. The summed E-state index contributed by atoms with van der Waals surface area (Å²) in [5.74, 6) is -0.324. The Hall–Kier alpha value is -2.08. The van der Waals surface area contributed by atoms with Crippen molar-refractivity contribution in [2.45, 2.75) is 57.7 Å². The summed E-state index contributed by atoms with van der Waals surface area (Å²) in [7, 11) is 1.72. The fraction of sp³-hybridized carbons (Fsp3) is 0.579. The van der Waals surface area contributed by atoms with Crippen LogP contribution >= 0.6 is 0 Å². The number of hydrogen-bond donors (Lipinski definition) is 2. The molecular formula is C19H28N2O4. The molecule has 0 unspecified atom stereocenters. The zero-order valence-electron chi connectivity index (χ0n) is 15.4. The minimum absolute atomic E-state index is 0.0491. The number of nitrogens with one attached hydrogen (secondary N) is 1. The zero-order chi connectivity index (χ0) is 18.6. The number of rotatable bonds is 4. The smallest absolute Gasteiger partial charge is 0.408 e. The number of ether oxygens (including phenoxy) is 1. The first-order valence-corrected chi connectivity index (χ1v) is 8.68. The molecule has 0 aliphatic heterocycles. The maximum absolute atomic E-state index is 12.8. The molecule has 0 saturated heterocycles. The van der Waals surface area contributed by atoms with Gasteiger partial charge in [-0.15, -0.1) is 0 Å². The first kappa shape index (κ1) is 19.2. The van der Waals surface area contributed by atoms with Gasteiger partial charge in [0.15, 0.2) is 0 Å². The molecule has 2 amide bonds. The fourth-order valence-corrected chi connectivity index (χ4v) is 3.17. The van der Waals surface area contributed by atoms with Crippen LogP contribution in [0.4, 0.5) is 4.79 Å². The highest BCUT2D eigenvalue weighted by Crippen LogP contribution is 2.33. The van der Waals surface area contributed by atoms with Crippen LogP contribution in [0.25, 0.3) is 0 Å². The molecule has 1 aliphatic carbocycles. The lowest BCUT2D eigenvalue weighted by Crippen LogP contribution is -2.51. The molecule has 2 N–H and O–H groups in total. The van der Waals surface area contributed by atoms with E-state index in [-0.39, 0.29) is 11.9 Å². The third-order valence-corrected chi connectivity index (χ3v) is 4.32. The summed E-state index contributed by atoms with van der Waals surface area (Å²) in [6.45, 7) is 4.76. The lowest BCUT2D eigenvalue weighted by atomic mass is 9.87. The van der Waals surface area contributed by atoms with E-state index >= 15 is 0 Å². The second-order valence-corrected chi connectivity index (χ2v) is 7.44. The van der Waals surface area contributed by atoms with E-state index in [2.05, 4.69) is 11.4 Å². The fourth-order valence-electron chi connectivity index (χ4n) is 3.17. The van der Waals surface area contributed by atoms with Gasteiger partial charge in [-0.1, -0.05) is 24.3 Å². The minimum Gasteiger partial charge on any atom is -0.444 e. The van der Waals surface area contributed by atoms with Crippen LogP contribution < -0.4 is 5.32 Å². The molecule has 2 rings (SSSR count). The molecule has 0 spiro atoms. The topological polar surface area (TPSA) is 78.9 Å². The van der Waals surface area contributed by atoms with Crippen LogP contribution in [0.5, 0.6) is 0 Å². The summed E-state index contributed by atoms with van der Waals surface area (Å²) < 4.78 is 5.17. The van der Waals surface area contributed by atoms with Crippen molar-refractivity contribution in [2.24, 2.45) is 0 Å². The van der Waals surface area contributed by atoms with Gasteiger partial charge in [-0.2, -0.15) is 0 Å². The summed E-state index contributed by atoms with van der Waals surface area (Å²) in [6.07, 6.45) is 2.16. The number of aryl methyl sites for hydroxylation is 1. The van der Waals surface area contributed by atoms with E-state index < -0.39 is 24.3 Å². The third kappa shape index (κ3) is 4.95. The number of hydrogen-bond acceptors (Lipinski definition) is 4. The number of benzene rings is 1. The maximum Gasteiger partial charge on any atom is 0.408 e. The van der Waals surface area contributed by atoms with Crippen LogP contribution in [0.1, 0.15) is 50.8 Å². The van der Waals surface area contributed by atoms with Crippen molar-refractivity contribution in [3.8, 4) is 0 Å². The second kappa shape index (κ2) is 7.87. The van der Waals surface area contributed by atoms with E-state index in [0.717, 1.165) is 24.8 Å². The third-order valence-electron chi connectivity index (χ3n) is 4.32. The van der Waals surface area contributed by atoms with Gasteiger partial charge in [0.1, 0.15) is 11.6 Å². The molecule has 1 aromatic carbocycles. The standard InChI is InChI=1S/C19H28N2O4/c1-19(2,3)25-18(24)20-15(12-22)17(23)21(4)16-11-7-9-13-8-5-6-10-14(13)16/h5-6,8,10,15-16,22H,7,9,11-12H2,1-4H3,(H,20,24)/t15-,16+/m0/s1. The van der Waals surface area contributed by atoms with Gasteiger partial charge in [0.05, 0.1) is 12.6 Å². The average molecular weight is 348 g/mol.